The molecule has 2 amide bonds. The average Bonchev–Trinajstić information content (AvgIpc) is 2.67. The largest absolute Gasteiger partial charge is 0.322 e. The van der Waals surface area contributed by atoms with Crippen LogP contribution in [0.1, 0.15) is 37.4 Å². The predicted octanol–water partition coefficient (Wildman–Crippen LogP) is 4.68. The van der Waals surface area contributed by atoms with Crippen molar-refractivity contribution in [1.82, 2.24) is 0 Å². The van der Waals surface area contributed by atoms with Crippen molar-refractivity contribution in [3.8, 4) is 6.07 Å². The molecule has 2 N–H and O–H groups in total. The van der Waals surface area contributed by atoms with Gasteiger partial charge in [0.15, 0.2) is 0 Å². The first-order valence-electron chi connectivity index (χ1n) is 8.76. The molecule has 0 fully saturated rings. The lowest BCUT2D eigenvalue weighted by molar-refractivity contribution is 0.101. The molecule has 138 valence electrons. The average molecular weight is 369 g/mol. The summed E-state index contributed by atoms with van der Waals surface area (Å²) in [7, 11) is 0. The van der Waals surface area contributed by atoms with Crippen molar-refractivity contribution in [2.45, 2.75) is 13.8 Å². The van der Waals surface area contributed by atoms with Crippen molar-refractivity contribution in [2.24, 2.45) is 0 Å². The Hall–Kier alpha value is -3.91. The van der Waals surface area contributed by atoms with Crippen LogP contribution in [0.15, 0.2) is 66.7 Å². The molecular formula is C23H19N3O2. The number of nitriles is 1. The maximum atomic E-state index is 12.4. The molecule has 0 bridgehead atoms. The monoisotopic (exact) mass is 369 g/mol. The van der Waals surface area contributed by atoms with E-state index in [-0.39, 0.29) is 11.8 Å². The number of aryl methyl sites for hydroxylation is 2. The number of para-hydroxylation sites is 1. The molecule has 0 atom stereocenters. The molecule has 0 aliphatic heterocycles. The molecule has 0 unspecified atom stereocenters. The van der Waals surface area contributed by atoms with Gasteiger partial charge >= 0.3 is 0 Å². The van der Waals surface area contributed by atoms with Crippen LogP contribution in [-0.4, -0.2) is 11.8 Å². The van der Waals surface area contributed by atoms with Crippen molar-refractivity contribution >= 4 is 23.2 Å². The first-order valence-corrected chi connectivity index (χ1v) is 8.76. The Labute approximate surface area is 163 Å². The van der Waals surface area contributed by atoms with Crippen molar-refractivity contribution in [3.63, 3.8) is 0 Å². The third-order valence-electron chi connectivity index (χ3n) is 4.18. The summed E-state index contributed by atoms with van der Waals surface area (Å²) in [6, 6.07) is 21.0. The third kappa shape index (κ3) is 4.43. The Morgan fingerprint density at radius 3 is 1.89 bits per heavy atom. The SMILES string of the molecule is Cc1cc(C)cc(NC(=O)c2ccc(C(=O)Nc3ccccc3C#N)cc2)c1. The standard InChI is InChI=1S/C23H19N3O2/c1-15-11-16(2)13-20(12-15)25-22(27)17-7-9-18(10-8-17)23(28)26-21-6-4-3-5-19(21)14-24/h3-13H,1-2H3,(H,25,27)(H,26,28). The van der Waals surface area contributed by atoms with E-state index in [1.54, 1.807) is 48.5 Å². The Balaban J connectivity index is 1.71. The normalized spacial score (nSPS) is 10.0. The number of benzene rings is 3. The van der Waals surface area contributed by atoms with E-state index in [2.05, 4.69) is 10.6 Å². The number of amides is 2. The molecule has 0 heterocycles. The van der Waals surface area contributed by atoms with Gasteiger partial charge in [-0.25, -0.2) is 0 Å². The fourth-order valence-electron chi connectivity index (χ4n) is 2.91. The zero-order valence-electron chi connectivity index (χ0n) is 15.6. The molecule has 0 spiro atoms. The third-order valence-corrected chi connectivity index (χ3v) is 4.18. The minimum absolute atomic E-state index is 0.244. The summed E-state index contributed by atoms with van der Waals surface area (Å²) in [5.41, 5.74) is 4.56. The van der Waals surface area contributed by atoms with E-state index >= 15 is 0 Å². The highest BCUT2D eigenvalue weighted by molar-refractivity contribution is 6.07. The van der Waals surface area contributed by atoms with Crippen molar-refractivity contribution in [2.75, 3.05) is 10.6 Å². The smallest absolute Gasteiger partial charge is 0.255 e. The summed E-state index contributed by atoms with van der Waals surface area (Å²) in [6.45, 7) is 3.95. The van der Waals surface area contributed by atoms with E-state index in [0.717, 1.165) is 16.8 Å². The van der Waals surface area contributed by atoms with Gasteiger partial charge in [-0.3, -0.25) is 9.59 Å². The first kappa shape index (κ1) is 18.9. The number of nitrogens with one attached hydrogen (secondary N) is 2. The van der Waals surface area contributed by atoms with Crippen LogP contribution < -0.4 is 10.6 Å². The number of nitrogens with zero attached hydrogens (tertiary/aromatic N) is 1. The van der Waals surface area contributed by atoms with E-state index in [1.807, 2.05) is 38.1 Å². The molecule has 3 aromatic rings. The molecular weight excluding hydrogens is 350 g/mol. The summed E-state index contributed by atoms with van der Waals surface area (Å²) in [5, 5.41) is 14.7. The van der Waals surface area contributed by atoms with Crippen LogP contribution in [0.2, 0.25) is 0 Å². The van der Waals surface area contributed by atoms with Crippen LogP contribution >= 0.6 is 0 Å². The van der Waals surface area contributed by atoms with Gasteiger partial charge in [-0.1, -0.05) is 18.2 Å². The lowest BCUT2D eigenvalue weighted by Crippen LogP contribution is -2.15. The van der Waals surface area contributed by atoms with E-state index in [0.29, 0.717) is 22.4 Å². The Kier molecular flexibility index (Phi) is 5.52. The highest BCUT2D eigenvalue weighted by Gasteiger charge is 2.11. The van der Waals surface area contributed by atoms with Gasteiger partial charge in [-0.05, 0) is 73.5 Å². The molecule has 0 aliphatic rings. The van der Waals surface area contributed by atoms with Crippen LogP contribution in [-0.2, 0) is 0 Å². The van der Waals surface area contributed by atoms with E-state index in [9.17, 15) is 9.59 Å². The second-order valence-electron chi connectivity index (χ2n) is 6.52. The predicted molar refractivity (Wildman–Crippen MR) is 109 cm³/mol. The van der Waals surface area contributed by atoms with E-state index < -0.39 is 0 Å². The van der Waals surface area contributed by atoms with Gasteiger partial charge in [0.05, 0.1) is 11.3 Å². The molecule has 0 radical (unpaired) electrons. The van der Waals surface area contributed by atoms with Gasteiger partial charge in [0, 0.05) is 16.8 Å². The van der Waals surface area contributed by atoms with Gasteiger partial charge in [0.25, 0.3) is 11.8 Å². The summed E-state index contributed by atoms with van der Waals surface area (Å²) >= 11 is 0. The molecule has 0 aromatic heterocycles. The number of anilines is 2. The highest BCUT2D eigenvalue weighted by atomic mass is 16.2. The van der Waals surface area contributed by atoms with E-state index in [4.69, 9.17) is 5.26 Å². The molecule has 5 heteroatoms. The second kappa shape index (κ2) is 8.19. The Bertz CT molecular complexity index is 1060. The number of rotatable bonds is 4. The molecule has 0 saturated carbocycles. The fourth-order valence-corrected chi connectivity index (χ4v) is 2.91. The summed E-state index contributed by atoms with van der Waals surface area (Å²) in [5.74, 6) is -0.587. The van der Waals surface area contributed by atoms with Crippen LogP contribution in [0.5, 0.6) is 0 Å². The number of carbonyl (C=O) groups excluding carboxylic acids is 2. The minimum atomic E-state index is -0.344. The van der Waals surface area contributed by atoms with Crippen LogP contribution in [0.4, 0.5) is 11.4 Å². The lowest BCUT2D eigenvalue weighted by Gasteiger charge is -2.09. The molecule has 3 aromatic carbocycles. The minimum Gasteiger partial charge on any atom is -0.322 e. The van der Waals surface area contributed by atoms with Crippen molar-refractivity contribution in [3.05, 3.63) is 94.5 Å². The van der Waals surface area contributed by atoms with Crippen LogP contribution in [0, 0.1) is 25.2 Å². The zero-order chi connectivity index (χ0) is 20.1. The van der Waals surface area contributed by atoms with Crippen molar-refractivity contribution in [1.29, 1.82) is 5.26 Å². The summed E-state index contributed by atoms with van der Waals surface area (Å²) in [6.07, 6.45) is 0. The summed E-state index contributed by atoms with van der Waals surface area (Å²) in [4.78, 5) is 24.9. The van der Waals surface area contributed by atoms with Crippen LogP contribution in [0.3, 0.4) is 0 Å². The Morgan fingerprint density at radius 1 is 0.786 bits per heavy atom. The van der Waals surface area contributed by atoms with Gasteiger partial charge in [-0.15, -0.1) is 0 Å². The highest BCUT2D eigenvalue weighted by Crippen LogP contribution is 2.17. The second-order valence-corrected chi connectivity index (χ2v) is 6.52. The molecule has 5 nitrogen and oxygen atoms in total. The summed E-state index contributed by atoms with van der Waals surface area (Å²) < 4.78 is 0. The molecule has 3 rings (SSSR count). The maximum Gasteiger partial charge on any atom is 0.255 e. The van der Waals surface area contributed by atoms with Gasteiger partial charge < -0.3 is 10.6 Å². The topological polar surface area (TPSA) is 82.0 Å². The van der Waals surface area contributed by atoms with Gasteiger partial charge in [0.2, 0.25) is 0 Å². The first-order chi connectivity index (χ1) is 13.5. The molecule has 0 aliphatic carbocycles. The van der Waals surface area contributed by atoms with Gasteiger partial charge in [-0.2, -0.15) is 5.26 Å². The van der Waals surface area contributed by atoms with Crippen LogP contribution in [0.25, 0.3) is 0 Å². The fraction of sp³-hybridized carbons (Fsp3) is 0.0870. The molecule has 28 heavy (non-hydrogen) atoms. The van der Waals surface area contributed by atoms with Crippen molar-refractivity contribution < 1.29 is 9.59 Å². The maximum absolute atomic E-state index is 12.4. The Morgan fingerprint density at radius 2 is 1.32 bits per heavy atom. The quantitative estimate of drug-likeness (QED) is 0.700. The number of hydrogen-bond donors (Lipinski definition) is 2. The van der Waals surface area contributed by atoms with E-state index in [1.165, 1.54) is 0 Å². The van der Waals surface area contributed by atoms with Gasteiger partial charge in [0.1, 0.15) is 6.07 Å². The zero-order valence-corrected chi connectivity index (χ0v) is 15.6. The molecule has 0 saturated heterocycles. The number of carbonyl (C=O) groups is 2. The number of hydrogen-bond acceptors (Lipinski definition) is 3. The lowest BCUT2D eigenvalue weighted by atomic mass is 10.1.